The summed E-state index contributed by atoms with van der Waals surface area (Å²) in [6.45, 7) is 4.03. The molecule has 0 bridgehead atoms. The van der Waals surface area contributed by atoms with Crippen LogP contribution in [0, 0.1) is 13.8 Å². The van der Waals surface area contributed by atoms with Crippen LogP contribution in [0.3, 0.4) is 0 Å². The van der Waals surface area contributed by atoms with Gasteiger partial charge in [0.05, 0.1) is 4.88 Å². The van der Waals surface area contributed by atoms with Crippen LogP contribution in [-0.2, 0) is 0 Å². The summed E-state index contributed by atoms with van der Waals surface area (Å²) in [4.78, 5) is 18.7. The lowest BCUT2D eigenvalue weighted by Crippen LogP contribution is -2.11. The number of carbonyl (C=O) groups excluding carboxylic acids is 1. The molecule has 6 heteroatoms. The van der Waals surface area contributed by atoms with E-state index in [0.717, 1.165) is 10.4 Å². The average Bonchev–Trinajstić information content (AvgIpc) is 3.08. The van der Waals surface area contributed by atoms with Crippen molar-refractivity contribution in [3.63, 3.8) is 0 Å². The Morgan fingerprint density at radius 2 is 1.86 bits per heavy atom. The maximum Gasteiger partial charge on any atom is 0.257 e. The van der Waals surface area contributed by atoms with Crippen LogP contribution in [0.4, 0.5) is 5.13 Å². The number of amides is 1. The molecule has 0 saturated carbocycles. The number of hydrogen-bond donors (Lipinski definition) is 1. The van der Waals surface area contributed by atoms with E-state index >= 15 is 0 Å². The molecule has 1 N–H and O–H groups in total. The number of thiophene rings is 1. The largest absolute Gasteiger partial charge is 0.297 e. The highest BCUT2D eigenvalue weighted by Gasteiger charge is 2.12. The molecule has 1 aromatic carbocycles. The number of hydrogen-bond acceptors (Lipinski definition) is 5. The second-order valence-electron chi connectivity index (χ2n) is 4.65. The summed E-state index contributed by atoms with van der Waals surface area (Å²) in [5.41, 5.74) is 1.74. The van der Waals surface area contributed by atoms with Gasteiger partial charge in [0, 0.05) is 22.0 Å². The third kappa shape index (κ3) is 3.17. The van der Waals surface area contributed by atoms with Crippen LogP contribution in [0.5, 0.6) is 0 Å². The van der Waals surface area contributed by atoms with Crippen molar-refractivity contribution in [2.24, 2.45) is 0 Å². The van der Waals surface area contributed by atoms with Crippen LogP contribution in [0.2, 0.25) is 0 Å². The highest BCUT2D eigenvalue weighted by atomic mass is 32.1. The smallest absolute Gasteiger partial charge is 0.257 e. The van der Waals surface area contributed by atoms with Gasteiger partial charge in [0.1, 0.15) is 0 Å². The van der Waals surface area contributed by atoms with Gasteiger partial charge in [0.2, 0.25) is 5.13 Å². The minimum atomic E-state index is -0.167. The van der Waals surface area contributed by atoms with Gasteiger partial charge in [-0.3, -0.25) is 10.1 Å². The Kier molecular flexibility index (Phi) is 3.81. The van der Waals surface area contributed by atoms with Crippen molar-refractivity contribution in [2.75, 3.05) is 5.32 Å². The fraction of sp³-hybridized carbons (Fsp3) is 0.133. The average molecular weight is 315 g/mol. The molecule has 0 unspecified atom stereocenters. The van der Waals surface area contributed by atoms with Crippen LogP contribution >= 0.6 is 22.9 Å². The Bertz CT molecular complexity index is 774. The van der Waals surface area contributed by atoms with Gasteiger partial charge in [-0.25, -0.2) is 0 Å². The number of anilines is 1. The third-order valence-electron chi connectivity index (χ3n) is 2.92. The zero-order valence-corrected chi connectivity index (χ0v) is 13.2. The molecular formula is C15H13N3OS2. The van der Waals surface area contributed by atoms with Gasteiger partial charge in [0.25, 0.3) is 5.91 Å². The van der Waals surface area contributed by atoms with E-state index in [1.165, 1.54) is 16.4 Å². The molecule has 0 saturated heterocycles. The van der Waals surface area contributed by atoms with Crippen molar-refractivity contribution in [1.29, 1.82) is 0 Å². The van der Waals surface area contributed by atoms with Gasteiger partial charge in [-0.05, 0) is 38.1 Å². The Morgan fingerprint density at radius 3 is 2.52 bits per heavy atom. The van der Waals surface area contributed by atoms with E-state index in [4.69, 9.17) is 0 Å². The van der Waals surface area contributed by atoms with Gasteiger partial charge in [-0.15, -0.1) is 11.3 Å². The molecular weight excluding hydrogens is 302 g/mol. The fourth-order valence-corrected chi connectivity index (χ4v) is 3.24. The predicted molar refractivity (Wildman–Crippen MR) is 87.1 cm³/mol. The Balaban J connectivity index is 1.75. The summed E-state index contributed by atoms with van der Waals surface area (Å²) in [5, 5.41) is 3.30. The molecule has 106 valence electrons. The number of nitrogens with one attached hydrogen (secondary N) is 1. The van der Waals surface area contributed by atoms with E-state index in [-0.39, 0.29) is 5.91 Å². The van der Waals surface area contributed by atoms with E-state index in [1.54, 1.807) is 23.5 Å². The second-order valence-corrected chi connectivity index (χ2v) is 6.69. The molecule has 3 aromatic rings. The summed E-state index contributed by atoms with van der Waals surface area (Å²) < 4.78 is 4.29. The van der Waals surface area contributed by atoms with Crippen molar-refractivity contribution in [3.8, 4) is 10.7 Å². The first-order chi connectivity index (χ1) is 10.1. The second kappa shape index (κ2) is 5.75. The van der Waals surface area contributed by atoms with Crippen molar-refractivity contribution in [2.45, 2.75) is 13.8 Å². The minimum Gasteiger partial charge on any atom is -0.297 e. The third-order valence-corrected chi connectivity index (χ3v) is 4.55. The number of aryl methyl sites for hydroxylation is 2. The molecule has 4 nitrogen and oxygen atoms in total. The van der Waals surface area contributed by atoms with Gasteiger partial charge >= 0.3 is 0 Å². The lowest BCUT2D eigenvalue weighted by Gasteiger charge is -2.01. The first kappa shape index (κ1) is 13.9. The van der Waals surface area contributed by atoms with E-state index in [0.29, 0.717) is 16.5 Å². The zero-order chi connectivity index (χ0) is 14.8. The molecule has 2 heterocycles. The predicted octanol–water partition coefficient (Wildman–Crippen LogP) is 4.14. The van der Waals surface area contributed by atoms with Crippen LogP contribution in [0.1, 0.15) is 20.8 Å². The Hall–Kier alpha value is -2.05. The fourth-order valence-electron chi connectivity index (χ4n) is 1.80. The monoisotopic (exact) mass is 315 g/mol. The Morgan fingerprint density at radius 1 is 1.10 bits per heavy atom. The molecule has 0 atom stereocenters. The van der Waals surface area contributed by atoms with Crippen LogP contribution in [0.25, 0.3) is 10.7 Å². The quantitative estimate of drug-likeness (QED) is 0.790. The van der Waals surface area contributed by atoms with E-state index < -0.39 is 0 Å². The van der Waals surface area contributed by atoms with Crippen molar-refractivity contribution < 1.29 is 4.79 Å². The molecule has 0 aliphatic rings. The van der Waals surface area contributed by atoms with Crippen molar-refractivity contribution in [1.82, 2.24) is 9.36 Å². The maximum atomic E-state index is 12.1. The zero-order valence-electron chi connectivity index (χ0n) is 11.6. The highest BCUT2D eigenvalue weighted by molar-refractivity contribution is 7.15. The Labute approximate surface area is 130 Å². The summed E-state index contributed by atoms with van der Waals surface area (Å²) in [7, 11) is 0. The molecule has 0 fully saturated rings. The van der Waals surface area contributed by atoms with E-state index in [1.807, 2.05) is 38.1 Å². The molecule has 0 radical (unpaired) electrons. The van der Waals surface area contributed by atoms with Gasteiger partial charge in [-0.1, -0.05) is 17.7 Å². The lowest BCUT2D eigenvalue weighted by molar-refractivity contribution is 0.102. The summed E-state index contributed by atoms with van der Waals surface area (Å²) >= 11 is 2.83. The molecule has 0 aliphatic heterocycles. The number of benzene rings is 1. The molecule has 21 heavy (non-hydrogen) atoms. The number of nitrogens with zero attached hydrogens (tertiary/aromatic N) is 2. The molecule has 0 aliphatic carbocycles. The summed E-state index contributed by atoms with van der Waals surface area (Å²) in [6, 6.07) is 11.5. The van der Waals surface area contributed by atoms with Gasteiger partial charge < -0.3 is 0 Å². The van der Waals surface area contributed by atoms with Gasteiger partial charge in [-0.2, -0.15) is 9.36 Å². The molecule has 3 rings (SSSR count). The van der Waals surface area contributed by atoms with Crippen LogP contribution in [0.15, 0.2) is 36.4 Å². The summed E-state index contributed by atoms with van der Waals surface area (Å²) in [6.07, 6.45) is 0. The standard InChI is InChI=1S/C15H13N3OS2/c1-9-3-6-11(7-4-9)14(19)17-15-16-13(18-21-15)12-8-5-10(2)20-12/h3-8H,1-2H3,(H,16,17,18,19). The van der Waals surface area contributed by atoms with Crippen molar-refractivity contribution in [3.05, 3.63) is 52.4 Å². The molecule has 1 amide bonds. The lowest BCUT2D eigenvalue weighted by atomic mass is 10.1. The number of rotatable bonds is 3. The SMILES string of the molecule is Cc1ccc(C(=O)Nc2nc(-c3ccc(C)s3)ns2)cc1. The van der Waals surface area contributed by atoms with E-state index in [2.05, 4.69) is 14.7 Å². The first-order valence-electron chi connectivity index (χ1n) is 6.40. The first-order valence-corrected chi connectivity index (χ1v) is 7.99. The van der Waals surface area contributed by atoms with Crippen LogP contribution in [-0.4, -0.2) is 15.3 Å². The highest BCUT2D eigenvalue weighted by Crippen LogP contribution is 2.27. The topological polar surface area (TPSA) is 54.9 Å². The molecule has 0 spiro atoms. The maximum absolute atomic E-state index is 12.1. The minimum absolute atomic E-state index is 0.167. The van der Waals surface area contributed by atoms with Gasteiger partial charge in [0.15, 0.2) is 5.82 Å². The molecule has 2 aromatic heterocycles. The van der Waals surface area contributed by atoms with E-state index in [9.17, 15) is 4.79 Å². The van der Waals surface area contributed by atoms with Crippen LogP contribution < -0.4 is 5.32 Å². The number of aromatic nitrogens is 2. The summed E-state index contributed by atoms with van der Waals surface area (Å²) in [5.74, 6) is 0.498. The van der Waals surface area contributed by atoms with Crippen molar-refractivity contribution >= 4 is 33.9 Å². The normalized spacial score (nSPS) is 10.6. The number of carbonyl (C=O) groups is 1.